The van der Waals surface area contributed by atoms with Gasteiger partial charge >= 0.3 is 0 Å². The van der Waals surface area contributed by atoms with Gasteiger partial charge in [-0.15, -0.1) is 0 Å². The molecule has 1 aromatic heterocycles. The summed E-state index contributed by atoms with van der Waals surface area (Å²) in [6, 6.07) is 24.2. The number of furan rings is 1. The van der Waals surface area contributed by atoms with E-state index in [-0.39, 0.29) is 30.7 Å². The molecule has 8 nitrogen and oxygen atoms in total. The smallest absolute Gasteiger partial charge is 0.294 e. The van der Waals surface area contributed by atoms with Crippen molar-refractivity contribution >= 4 is 28.5 Å². The van der Waals surface area contributed by atoms with Crippen molar-refractivity contribution in [3.05, 3.63) is 90.2 Å². The van der Waals surface area contributed by atoms with Crippen LogP contribution in [0.25, 0.3) is 11.0 Å². The van der Waals surface area contributed by atoms with Crippen molar-refractivity contribution in [1.29, 1.82) is 0 Å². The molecule has 8 heteroatoms. The van der Waals surface area contributed by atoms with Crippen molar-refractivity contribution in [1.82, 2.24) is 4.90 Å². The van der Waals surface area contributed by atoms with Gasteiger partial charge in [0.1, 0.15) is 23.7 Å². The van der Waals surface area contributed by atoms with Crippen molar-refractivity contribution in [2.75, 3.05) is 37.7 Å². The van der Waals surface area contributed by atoms with E-state index in [0.717, 1.165) is 5.39 Å². The van der Waals surface area contributed by atoms with Crippen molar-refractivity contribution < 1.29 is 28.2 Å². The molecule has 0 radical (unpaired) electrons. The maximum atomic E-state index is 14.1. The third-order valence-corrected chi connectivity index (χ3v) is 6.64. The molecular weight excluding hydrogens is 472 g/mol. The number of amides is 2. The molecule has 0 aliphatic carbocycles. The Labute approximate surface area is 213 Å². The van der Waals surface area contributed by atoms with Gasteiger partial charge in [0, 0.05) is 24.0 Å². The van der Waals surface area contributed by atoms with Gasteiger partial charge in [-0.3, -0.25) is 14.5 Å². The molecule has 188 valence electrons. The van der Waals surface area contributed by atoms with Gasteiger partial charge in [-0.1, -0.05) is 48.5 Å². The monoisotopic (exact) mass is 498 g/mol. The molecule has 3 aromatic carbocycles. The Kier molecular flexibility index (Phi) is 6.24. The molecule has 3 heterocycles. The summed E-state index contributed by atoms with van der Waals surface area (Å²) in [6.07, 6.45) is -0.828. The van der Waals surface area contributed by atoms with Crippen LogP contribution in [0.3, 0.4) is 0 Å². The topological polar surface area (TPSA) is 81.5 Å². The molecule has 0 spiro atoms. The Morgan fingerprint density at radius 3 is 2.46 bits per heavy atom. The lowest BCUT2D eigenvalue weighted by Gasteiger charge is -2.37. The number of para-hydroxylation sites is 4. The summed E-state index contributed by atoms with van der Waals surface area (Å²) < 4.78 is 23.6. The highest BCUT2D eigenvalue weighted by Crippen LogP contribution is 2.36. The van der Waals surface area contributed by atoms with E-state index in [1.165, 1.54) is 0 Å². The average Bonchev–Trinajstić information content (AvgIpc) is 3.34. The van der Waals surface area contributed by atoms with Gasteiger partial charge in [0.25, 0.3) is 11.8 Å². The zero-order valence-electron chi connectivity index (χ0n) is 20.2. The van der Waals surface area contributed by atoms with Crippen LogP contribution in [0.2, 0.25) is 0 Å². The molecule has 37 heavy (non-hydrogen) atoms. The summed E-state index contributed by atoms with van der Waals surface area (Å²) >= 11 is 0. The number of hydrogen-bond acceptors (Lipinski definition) is 6. The van der Waals surface area contributed by atoms with Crippen LogP contribution in [0.1, 0.15) is 16.1 Å². The van der Waals surface area contributed by atoms with Crippen molar-refractivity contribution in [2.45, 2.75) is 12.7 Å². The fraction of sp³-hybridized carbons (Fsp3) is 0.241. The molecule has 0 bridgehead atoms. The van der Waals surface area contributed by atoms with Gasteiger partial charge in [0.15, 0.2) is 11.9 Å². The van der Waals surface area contributed by atoms with Crippen molar-refractivity contribution in [3.63, 3.8) is 0 Å². The number of benzene rings is 3. The molecule has 1 atom stereocenters. The minimum absolute atomic E-state index is 0.0715. The van der Waals surface area contributed by atoms with Crippen LogP contribution in [0.15, 0.2) is 83.3 Å². The van der Waals surface area contributed by atoms with Crippen molar-refractivity contribution in [2.24, 2.45) is 0 Å². The summed E-state index contributed by atoms with van der Waals surface area (Å²) in [7, 11) is 0. The van der Waals surface area contributed by atoms with Gasteiger partial charge < -0.3 is 23.5 Å². The van der Waals surface area contributed by atoms with E-state index >= 15 is 0 Å². The quantitative estimate of drug-likeness (QED) is 0.409. The zero-order valence-corrected chi connectivity index (χ0v) is 20.2. The SMILES string of the molecule is O=C(C1CN(C(=O)c2oc3ccccc3c2COc2ccccc2)c2ccccc2O1)N1CCOCC1. The average molecular weight is 499 g/mol. The summed E-state index contributed by atoms with van der Waals surface area (Å²) in [5.41, 5.74) is 1.85. The lowest BCUT2D eigenvalue weighted by atomic mass is 10.1. The summed E-state index contributed by atoms with van der Waals surface area (Å²) in [6.45, 7) is 2.20. The second-order valence-corrected chi connectivity index (χ2v) is 8.94. The van der Waals surface area contributed by atoms with Crippen LogP contribution in [0, 0.1) is 0 Å². The van der Waals surface area contributed by atoms with E-state index < -0.39 is 6.10 Å². The first-order valence-corrected chi connectivity index (χ1v) is 12.3. The van der Waals surface area contributed by atoms with Crippen LogP contribution in [-0.4, -0.2) is 55.7 Å². The summed E-state index contributed by atoms with van der Waals surface area (Å²) in [5, 5.41) is 0.810. The van der Waals surface area contributed by atoms with E-state index in [1.807, 2.05) is 72.8 Å². The van der Waals surface area contributed by atoms with Crippen LogP contribution >= 0.6 is 0 Å². The van der Waals surface area contributed by atoms with Gasteiger partial charge in [-0.25, -0.2) is 0 Å². The first-order chi connectivity index (χ1) is 18.2. The van der Waals surface area contributed by atoms with Crippen LogP contribution in [0.5, 0.6) is 11.5 Å². The minimum Gasteiger partial charge on any atom is -0.489 e. The molecule has 4 aromatic rings. The van der Waals surface area contributed by atoms with Crippen molar-refractivity contribution in [3.8, 4) is 11.5 Å². The largest absolute Gasteiger partial charge is 0.489 e. The highest BCUT2D eigenvalue weighted by Gasteiger charge is 2.38. The lowest BCUT2D eigenvalue weighted by molar-refractivity contribution is -0.142. The van der Waals surface area contributed by atoms with Crippen LogP contribution in [-0.2, 0) is 16.1 Å². The molecule has 6 rings (SSSR count). The van der Waals surface area contributed by atoms with Gasteiger partial charge in [-0.2, -0.15) is 0 Å². The molecule has 0 saturated carbocycles. The normalized spacial score (nSPS) is 17.2. The second-order valence-electron chi connectivity index (χ2n) is 8.94. The van der Waals surface area contributed by atoms with Gasteiger partial charge in [-0.05, 0) is 30.3 Å². The Hall–Kier alpha value is -4.30. The van der Waals surface area contributed by atoms with Crippen LogP contribution in [0.4, 0.5) is 5.69 Å². The number of morpholine rings is 1. The van der Waals surface area contributed by atoms with Gasteiger partial charge in [0.05, 0.1) is 25.4 Å². The molecule has 2 amide bonds. The maximum absolute atomic E-state index is 14.1. The van der Waals surface area contributed by atoms with E-state index in [0.29, 0.717) is 54.6 Å². The number of anilines is 1. The number of carbonyl (C=O) groups is 2. The molecule has 1 saturated heterocycles. The Balaban J connectivity index is 1.35. The molecule has 2 aliphatic heterocycles. The van der Waals surface area contributed by atoms with E-state index in [1.54, 1.807) is 15.9 Å². The molecule has 2 aliphatic rings. The first-order valence-electron chi connectivity index (χ1n) is 12.3. The molecule has 0 N–H and O–H groups in total. The number of ether oxygens (including phenoxy) is 3. The third-order valence-electron chi connectivity index (χ3n) is 6.64. The number of hydrogen-bond donors (Lipinski definition) is 0. The van der Waals surface area contributed by atoms with E-state index in [4.69, 9.17) is 18.6 Å². The Morgan fingerprint density at radius 1 is 0.892 bits per heavy atom. The molecular formula is C29H26N2O6. The molecule has 1 fully saturated rings. The summed E-state index contributed by atoms with van der Waals surface area (Å²) in [4.78, 5) is 30.7. The highest BCUT2D eigenvalue weighted by atomic mass is 16.5. The number of nitrogens with zero attached hydrogens (tertiary/aromatic N) is 2. The van der Waals surface area contributed by atoms with Crippen LogP contribution < -0.4 is 14.4 Å². The number of fused-ring (bicyclic) bond motifs is 2. The lowest BCUT2D eigenvalue weighted by Crippen LogP contribution is -2.54. The predicted octanol–water partition coefficient (Wildman–Crippen LogP) is 4.28. The Bertz CT molecular complexity index is 1430. The third kappa shape index (κ3) is 4.51. The second kappa shape index (κ2) is 9.99. The minimum atomic E-state index is -0.828. The zero-order chi connectivity index (χ0) is 25.2. The maximum Gasteiger partial charge on any atom is 0.294 e. The number of carbonyl (C=O) groups excluding carboxylic acids is 2. The fourth-order valence-corrected chi connectivity index (χ4v) is 4.75. The number of rotatable bonds is 5. The standard InChI is InChI=1S/C29H26N2O6/c32-28(30-14-16-34-17-15-30)26-18-31(23-11-5-7-13-25(23)36-26)29(33)27-22(19-35-20-8-2-1-3-9-20)21-10-4-6-12-24(21)37-27/h1-13,26H,14-19H2. The first kappa shape index (κ1) is 23.1. The predicted molar refractivity (Wildman–Crippen MR) is 137 cm³/mol. The molecule has 1 unspecified atom stereocenters. The fourth-order valence-electron chi connectivity index (χ4n) is 4.75. The highest BCUT2D eigenvalue weighted by molar-refractivity contribution is 6.09. The van der Waals surface area contributed by atoms with E-state index in [9.17, 15) is 9.59 Å². The van der Waals surface area contributed by atoms with E-state index in [2.05, 4.69) is 0 Å². The Morgan fingerprint density at radius 2 is 1.62 bits per heavy atom. The van der Waals surface area contributed by atoms with Gasteiger partial charge in [0.2, 0.25) is 0 Å². The summed E-state index contributed by atoms with van der Waals surface area (Å²) in [5.74, 6) is 0.851.